The maximum Gasteiger partial charge on any atom is 0.119 e. The normalized spacial score (nSPS) is 28.0. The topological polar surface area (TPSA) is 30.3 Å². The highest BCUT2D eigenvalue weighted by Crippen LogP contribution is 2.40. The molecule has 1 aromatic carbocycles. The zero-order chi connectivity index (χ0) is 14.9. The van der Waals surface area contributed by atoms with Crippen LogP contribution in [0.5, 0.6) is 5.75 Å². The molecule has 4 heteroatoms. The van der Waals surface area contributed by atoms with Gasteiger partial charge in [-0.05, 0) is 42.9 Å². The summed E-state index contributed by atoms with van der Waals surface area (Å²) in [6.45, 7) is 3.42. The van der Waals surface area contributed by atoms with Gasteiger partial charge in [0.05, 0.1) is 11.8 Å². The number of fused-ring (bicyclic) bond motifs is 1. The lowest BCUT2D eigenvalue weighted by Crippen LogP contribution is -2.25. The highest BCUT2D eigenvalue weighted by molar-refractivity contribution is 5.21. The molecule has 1 aliphatic heterocycles. The Bertz CT molecular complexity index is 610. The summed E-state index contributed by atoms with van der Waals surface area (Å²) in [6, 6.07) is 12.4. The second-order valence-corrected chi connectivity index (χ2v) is 6.68. The summed E-state index contributed by atoms with van der Waals surface area (Å²) in [6.07, 6.45) is 4.68. The van der Waals surface area contributed by atoms with E-state index in [0.717, 1.165) is 24.1 Å². The first-order chi connectivity index (χ1) is 10.8. The Morgan fingerprint density at radius 1 is 1.09 bits per heavy atom. The molecule has 3 atom stereocenters. The Kier molecular flexibility index (Phi) is 3.62. The average molecular weight is 297 g/mol. The van der Waals surface area contributed by atoms with Crippen molar-refractivity contribution in [2.24, 2.45) is 18.9 Å². The van der Waals surface area contributed by atoms with Gasteiger partial charge in [0.25, 0.3) is 0 Å². The second-order valence-electron chi connectivity index (χ2n) is 6.68. The first-order valence-corrected chi connectivity index (χ1v) is 8.19. The van der Waals surface area contributed by atoms with E-state index < -0.39 is 0 Å². The van der Waals surface area contributed by atoms with Crippen molar-refractivity contribution in [1.82, 2.24) is 14.7 Å². The summed E-state index contributed by atoms with van der Waals surface area (Å²) in [7, 11) is 2.02. The summed E-state index contributed by atoms with van der Waals surface area (Å²) >= 11 is 0. The van der Waals surface area contributed by atoms with Gasteiger partial charge in [0, 0.05) is 32.9 Å². The quantitative estimate of drug-likeness (QED) is 0.869. The molecule has 2 fully saturated rings. The third-order valence-electron chi connectivity index (χ3n) is 5.14. The van der Waals surface area contributed by atoms with Crippen molar-refractivity contribution < 1.29 is 4.74 Å². The van der Waals surface area contributed by atoms with E-state index in [4.69, 9.17) is 4.74 Å². The summed E-state index contributed by atoms with van der Waals surface area (Å²) in [5.41, 5.74) is 1.30. The summed E-state index contributed by atoms with van der Waals surface area (Å²) in [4.78, 5) is 2.57. The highest BCUT2D eigenvalue weighted by Gasteiger charge is 2.41. The number of aryl methyl sites for hydroxylation is 1. The van der Waals surface area contributed by atoms with Crippen LogP contribution in [0.2, 0.25) is 0 Å². The molecule has 0 bridgehead atoms. The highest BCUT2D eigenvalue weighted by atomic mass is 16.5. The van der Waals surface area contributed by atoms with Gasteiger partial charge in [0.2, 0.25) is 0 Å². The third kappa shape index (κ3) is 2.75. The van der Waals surface area contributed by atoms with Crippen molar-refractivity contribution >= 4 is 0 Å². The van der Waals surface area contributed by atoms with E-state index in [1.54, 1.807) is 0 Å². The number of ether oxygens (including phenoxy) is 1. The number of rotatable bonds is 4. The van der Waals surface area contributed by atoms with E-state index in [1.165, 1.54) is 31.6 Å². The van der Waals surface area contributed by atoms with Gasteiger partial charge < -0.3 is 4.74 Å². The molecular formula is C18H23N3O. The minimum atomic E-state index is 0.399. The molecule has 1 saturated heterocycles. The van der Waals surface area contributed by atoms with Crippen LogP contribution in [0.3, 0.4) is 0 Å². The maximum atomic E-state index is 6.14. The van der Waals surface area contributed by atoms with E-state index in [9.17, 15) is 0 Å². The van der Waals surface area contributed by atoms with Crippen molar-refractivity contribution in [2.45, 2.75) is 25.5 Å². The summed E-state index contributed by atoms with van der Waals surface area (Å²) < 4.78 is 8.12. The molecule has 116 valence electrons. The Morgan fingerprint density at radius 3 is 2.45 bits per heavy atom. The minimum absolute atomic E-state index is 0.399. The fourth-order valence-corrected chi connectivity index (χ4v) is 4.04. The van der Waals surface area contributed by atoms with Gasteiger partial charge >= 0.3 is 0 Å². The first kappa shape index (κ1) is 13.8. The van der Waals surface area contributed by atoms with Crippen molar-refractivity contribution in [3.63, 3.8) is 0 Å². The standard InChI is InChI=1S/C18H23N3O/c1-20-16(7-8-19-20)13-21-11-14-9-18(10-15(14)12-21)22-17-5-3-2-4-6-17/h2-8,14-15,18H,9-13H2,1H3/t14-,15+,18?. The number of aromatic nitrogens is 2. The van der Waals surface area contributed by atoms with Gasteiger partial charge in [-0.1, -0.05) is 18.2 Å². The Morgan fingerprint density at radius 2 is 1.82 bits per heavy atom. The third-order valence-corrected chi connectivity index (χ3v) is 5.14. The van der Waals surface area contributed by atoms with Crippen LogP contribution >= 0.6 is 0 Å². The van der Waals surface area contributed by atoms with E-state index in [-0.39, 0.29) is 0 Å². The van der Waals surface area contributed by atoms with Crippen molar-refractivity contribution in [1.29, 1.82) is 0 Å². The van der Waals surface area contributed by atoms with Crippen molar-refractivity contribution in [2.75, 3.05) is 13.1 Å². The molecule has 2 heterocycles. The van der Waals surface area contributed by atoms with Crippen molar-refractivity contribution in [3.8, 4) is 5.75 Å². The summed E-state index contributed by atoms with van der Waals surface area (Å²) in [5.74, 6) is 2.60. The molecule has 2 aromatic rings. The van der Waals surface area contributed by atoms with Gasteiger partial charge in [-0.2, -0.15) is 5.10 Å². The van der Waals surface area contributed by atoms with Crippen LogP contribution in [0.25, 0.3) is 0 Å². The smallest absolute Gasteiger partial charge is 0.119 e. The zero-order valence-electron chi connectivity index (χ0n) is 13.1. The van der Waals surface area contributed by atoms with E-state index in [1.807, 2.05) is 36.1 Å². The number of benzene rings is 1. The SMILES string of the molecule is Cn1nccc1CN1C[C@H]2CC(Oc3ccccc3)C[C@H]2C1. The van der Waals surface area contributed by atoms with Crippen LogP contribution in [0.4, 0.5) is 0 Å². The van der Waals surface area contributed by atoms with Crippen molar-refractivity contribution in [3.05, 3.63) is 48.3 Å². The number of hydrogen-bond donors (Lipinski definition) is 0. The van der Waals surface area contributed by atoms with Gasteiger partial charge in [-0.15, -0.1) is 0 Å². The van der Waals surface area contributed by atoms with Crippen LogP contribution in [-0.4, -0.2) is 33.9 Å². The molecule has 0 radical (unpaired) electrons. The fourth-order valence-electron chi connectivity index (χ4n) is 4.04. The molecule has 4 nitrogen and oxygen atoms in total. The maximum absolute atomic E-state index is 6.14. The Balaban J connectivity index is 1.32. The molecule has 1 aliphatic carbocycles. The number of nitrogens with zero attached hydrogens (tertiary/aromatic N) is 3. The number of likely N-dealkylation sites (tertiary alicyclic amines) is 1. The lowest BCUT2D eigenvalue weighted by Gasteiger charge is -2.19. The van der Waals surface area contributed by atoms with Gasteiger partial charge in [0.15, 0.2) is 0 Å². The molecule has 1 unspecified atom stereocenters. The number of hydrogen-bond acceptors (Lipinski definition) is 3. The van der Waals surface area contributed by atoms with Gasteiger partial charge in [-0.3, -0.25) is 9.58 Å². The molecule has 0 spiro atoms. The molecule has 0 amide bonds. The van der Waals surface area contributed by atoms with E-state index in [2.05, 4.69) is 28.2 Å². The largest absolute Gasteiger partial charge is 0.490 e. The predicted molar refractivity (Wildman–Crippen MR) is 85.6 cm³/mol. The van der Waals surface area contributed by atoms with Gasteiger partial charge in [0.1, 0.15) is 5.75 Å². The molecule has 0 N–H and O–H groups in total. The van der Waals surface area contributed by atoms with Crippen LogP contribution in [0.15, 0.2) is 42.6 Å². The first-order valence-electron chi connectivity index (χ1n) is 8.19. The Hall–Kier alpha value is -1.81. The zero-order valence-corrected chi connectivity index (χ0v) is 13.1. The molecular weight excluding hydrogens is 274 g/mol. The minimum Gasteiger partial charge on any atom is -0.490 e. The molecule has 2 aliphatic rings. The van der Waals surface area contributed by atoms with Crippen LogP contribution in [-0.2, 0) is 13.6 Å². The van der Waals surface area contributed by atoms with Crippen LogP contribution < -0.4 is 4.74 Å². The fraction of sp³-hybridized carbons (Fsp3) is 0.500. The summed E-state index contributed by atoms with van der Waals surface area (Å²) in [5, 5.41) is 4.26. The number of para-hydroxylation sites is 1. The van der Waals surface area contributed by atoms with Gasteiger partial charge in [-0.25, -0.2) is 0 Å². The predicted octanol–water partition coefficient (Wildman–Crippen LogP) is 2.71. The monoisotopic (exact) mass is 297 g/mol. The molecule has 1 saturated carbocycles. The molecule has 1 aromatic heterocycles. The van der Waals surface area contributed by atoms with Crippen LogP contribution in [0.1, 0.15) is 18.5 Å². The lowest BCUT2D eigenvalue weighted by atomic mass is 10.0. The average Bonchev–Trinajstić information content (AvgIpc) is 3.16. The Labute approximate surface area is 131 Å². The van der Waals surface area contributed by atoms with E-state index >= 15 is 0 Å². The van der Waals surface area contributed by atoms with Crippen LogP contribution in [0, 0.1) is 11.8 Å². The molecule has 22 heavy (non-hydrogen) atoms. The second kappa shape index (κ2) is 5.76. The lowest BCUT2D eigenvalue weighted by molar-refractivity contribution is 0.183. The molecule has 4 rings (SSSR count). The van der Waals surface area contributed by atoms with E-state index in [0.29, 0.717) is 6.10 Å².